The van der Waals surface area contributed by atoms with Gasteiger partial charge in [-0.2, -0.15) is 0 Å². The van der Waals surface area contributed by atoms with Gasteiger partial charge >= 0.3 is 0 Å². The highest BCUT2D eigenvalue weighted by atomic mass is 19.1. The van der Waals surface area contributed by atoms with Gasteiger partial charge in [0.25, 0.3) is 0 Å². The monoisotopic (exact) mass is 373 g/mol. The van der Waals surface area contributed by atoms with Gasteiger partial charge in [-0.25, -0.2) is 4.39 Å². The van der Waals surface area contributed by atoms with E-state index in [2.05, 4.69) is 32.6 Å². The highest BCUT2D eigenvalue weighted by Gasteiger charge is 2.20. The number of nitrogens with zero attached hydrogens (tertiary/aromatic N) is 3. The third-order valence-corrected chi connectivity index (χ3v) is 4.87. The quantitative estimate of drug-likeness (QED) is 0.602. The molecule has 1 aliphatic rings. The Kier molecular flexibility index (Phi) is 6.81. The van der Waals surface area contributed by atoms with Crippen LogP contribution in [0.2, 0.25) is 0 Å². The Morgan fingerprint density at radius 1 is 1.30 bits per heavy atom. The second kappa shape index (κ2) is 9.50. The van der Waals surface area contributed by atoms with Crippen molar-refractivity contribution in [3.63, 3.8) is 0 Å². The predicted octanol–water partition coefficient (Wildman–Crippen LogP) is 2.71. The summed E-state index contributed by atoms with van der Waals surface area (Å²) in [5.74, 6) is 1.40. The van der Waals surface area contributed by atoms with Crippen LogP contribution in [0.5, 0.6) is 0 Å². The summed E-state index contributed by atoms with van der Waals surface area (Å²) >= 11 is 0. The van der Waals surface area contributed by atoms with Gasteiger partial charge in [0, 0.05) is 38.8 Å². The summed E-state index contributed by atoms with van der Waals surface area (Å²) in [6.07, 6.45) is 2.96. The van der Waals surface area contributed by atoms with Crippen LogP contribution >= 0.6 is 0 Å². The summed E-state index contributed by atoms with van der Waals surface area (Å²) in [7, 11) is 1.77. The SMILES string of the molecule is CCc1cc(CNC(=NC)NC2CCN(Cc3ccc(F)cc3)CC2)on1. The molecule has 0 aliphatic carbocycles. The highest BCUT2D eigenvalue weighted by molar-refractivity contribution is 5.79. The zero-order chi connectivity index (χ0) is 19.1. The number of piperidine rings is 1. The van der Waals surface area contributed by atoms with Gasteiger partial charge in [0.05, 0.1) is 12.2 Å². The van der Waals surface area contributed by atoms with Crippen LogP contribution in [0.3, 0.4) is 0 Å². The summed E-state index contributed by atoms with van der Waals surface area (Å²) in [5, 5.41) is 10.8. The van der Waals surface area contributed by atoms with Gasteiger partial charge in [0.2, 0.25) is 0 Å². The Balaban J connectivity index is 1.41. The van der Waals surface area contributed by atoms with E-state index in [-0.39, 0.29) is 5.82 Å². The lowest BCUT2D eigenvalue weighted by Crippen LogP contribution is -2.48. The maximum Gasteiger partial charge on any atom is 0.191 e. The number of likely N-dealkylation sites (tertiary alicyclic amines) is 1. The topological polar surface area (TPSA) is 65.7 Å². The van der Waals surface area contributed by atoms with Gasteiger partial charge in [-0.1, -0.05) is 24.2 Å². The third-order valence-electron chi connectivity index (χ3n) is 4.87. The number of aromatic nitrogens is 1. The molecule has 3 rings (SSSR count). The van der Waals surface area contributed by atoms with Crippen molar-refractivity contribution < 1.29 is 8.91 Å². The molecule has 2 N–H and O–H groups in total. The van der Waals surface area contributed by atoms with Crippen LogP contribution in [0.25, 0.3) is 0 Å². The normalized spacial score (nSPS) is 16.5. The molecular formula is C20H28FN5O. The van der Waals surface area contributed by atoms with Crippen molar-refractivity contribution in [3.05, 3.63) is 53.2 Å². The number of hydrogen-bond donors (Lipinski definition) is 2. The first kappa shape index (κ1) is 19.4. The number of halogens is 1. The van der Waals surface area contributed by atoms with E-state index < -0.39 is 0 Å². The molecule has 1 aromatic carbocycles. The Hall–Kier alpha value is -2.41. The Morgan fingerprint density at radius 2 is 2.04 bits per heavy atom. The van der Waals surface area contributed by atoms with Crippen LogP contribution < -0.4 is 10.6 Å². The lowest BCUT2D eigenvalue weighted by Gasteiger charge is -2.33. The maximum atomic E-state index is 13.0. The second-order valence-electron chi connectivity index (χ2n) is 6.89. The Labute approximate surface area is 159 Å². The van der Waals surface area contributed by atoms with E-state index >= 15 is 0 Å². The first-order valence-electron chi connectivity index (χ1n) is 9.54. The molecule has 1 aliphatic heterocycles. The minimum Gasteiger partial charge on any atom is -0.359 e. The molecule has 7 heteroatoms. The molecule has 1 fully saturated rings. The van der Waals surface area contributed by atoms with Gasteiger partial charge in [-0.3, -0.25) is 9.89 Å². The maximum absolute atomic E-state index is 13.0. The number of benzene rings is 1. The lowest BCUT2D eigenvalue weighted by molar-refractivity contribution is 0.198. The van der Waals surface area contributed by atoms with E-state index in [1.54, 1.807) is 7.05 Å². The lowest BCUT2D eigenvalue weighted by atomic mass is 10.0. The number of hydrogen-bond acceptors (Lipinski definition) is 4. The van der Waals surface area contributed by atoms with Crippen LogP contribution in [-0.2, 0) is 19.5 Å². The van der Waals surface area contributed by atoms with Crippen molar-refractivity contribution in [1.82, 2.24) is 20.7 Å². The summed E-state index contributed by atoms with van der Waals surface area (Å²) in [4.78, 5) is 6.71. The van der Waals surface area contributed by atoms with E-state index in [0.717, 1.165) is 61.9 Å². The fraction of sp³-hybridized carbons (Fsp3) is 0.500. The van der Waals surface area contributed by atoms with E-state index in [0.29, 0.717) is 12.6 Å². The zero-order valence-corrected chi connectivity index (χ0v) is 16.0. The van der Waals surface area contributed by atoms with Crippen molar-refractivity contribution in [2.75, 3.05) is 20.1 Å². The third kappa shape index (κ3) is 5.79. The van der Waals surface area contributed by atoms with Crippen molar-refractivity contribution in [2.24, 2.45) is 4.99 Å². The molecule has 0 radical (unpaired) electrons. The van der Waals surface area contributed by atoms with Gasteiger partial charge < -0.3 is 15.2 Å². The molecule has 146 valence electrons. The van der Waals surface area contributed by atoms with Gasteiger partial charge in [0.1, 0.15) is 5.82 Å². The molecule has 2 aromatic rings. The van der Waals surface area contributed by atoms with Crippen LogP contribution in [0.15, 0.2) is 39.8 Å². The second-order valence-corrected chi connectivity index (χ2v) is 6.89. The molecule has 0 unspecified atom stereocenters. The molecular weight excluding hydrogens is 345 g/mol. The van der Waals surface area contributed by atoms with E-state index in [1.807, 2.05) is 18.2 Å². The largest absolute Gasteiger partial charge is 0.359 e. The fourth-order valence-electron chi connectivity index (χ4n) is 3.25. The summed E-state index contributed by atoms with van der Waals surface area (Å²) in [6.45, 7) is 5.50. The molecule has 1 aromatic heterocycles. The summed E-state index contributed by atoms with van der Waals surface area (Å²) in [5.41, 5.74) is 2.11. The van der Waals surface area contributed by atoms with Crippen molar-refractivity contribution >= 4 is 5.96 Å². The minimum atomic E-state index is -0.184. The predicted molar refractivity (Wildman–Crippen MR) is 104 cm³/mol. The summed E-state index contributed by atoms with van der Waals surface area (Å²) in [6, 6.07) is 9.13. The molecule has 0 spiro atoms. The Morgan fingerprint density at radius 3 is 2.67 bits per heavy atom. The number of guanidine groups is 1. The number of aryl methyl sites for hydroxylation is 1. The smallest absolute Gasteiger partial charge is 0.191 e. The van der Waals surface area contributed by atoms with E-state index in [1.165, 1.54) is 12.1 Å². The number of aliphatic imine (C=N–C) groups is 1. The zero-order valence-electron chi connectivity index (χ0n) is 16.0. The molecule has 0 amide bonds. The first-order valence-corrected chi connectivity index (χ1v) is 9.54. The summed E-state index contributed by atoms with van der Waals surface area (Å²) < 4.78 is 18.3. The van der Waals surface area contributed by atoms with E-state index in [4.69, 9.17) is 4.52 Å². The van der Waals surface area contributed by atoms with Gasteiger partial charge in [0.15, 0.2) is 11.7 Å². The van der Waals surface area contributed by atoms with Crippen LogP contribution in [-0.4, -0.2) is 42.2 Å². The van der Waals surface area contributed by atoms with Crippen LogP contribution in [0, 0.1) is 5.82 Å². The van der Waals surface area contributed by atoms with Crippen molar-refractivity contribution in [3.8, 4) is 0 Å². The van der Waals surface area contributed by atoms with Crippen molar-refractivity contribution in [1.29, 1.82) is 0 Å². The first-order chi connectivity index (χ1) is 13.2. The van der Waals surface area contributed by atoms with Crippen LogP contribution in [0.1, 0.15) is 36.8 Å². The molecule has 0 saturated carbocycles. The van der Waals surface area contributed by atoms with Gasteiger partial charge in [-0.15, -0.1) is 0 Å². The fourth-order valence-corrected chi connectivity index (χ4v) is 3.25. The van der Waals surface area contributed by atoms with Crippen LogP contribution in [0.4, 0.5) is 4.39 Å². The highest BCUT2D eigenvalue weighted by Crippen LogP contribution is 2.14. The molecule has 2 heterocycles. The van der Waals surface area contributed by atoms with Crippen molar-refractivity contribution in [2.45, 2.75) is 45.3 Å². The standard InChI is InChI=1S/C20H28FN5O/c1-3-17-12-19(27-25-17)13-23-20(22-2)24-18-8-10-26(11-9-18)14-15-4-6-16(21)7-5-15/h4-7,12,18H,3,8-11,13-14H2,1-2H3,(H2,22,23,24). The molecule has 27 heavy (non-hydrogen) atoms. The average Bonchev–Trinajstić information content (AvgIpc) is 3.16. The average molecular weight is 373 g/mol. The minimum absolute atomic E-state index is 0.184. The van der Waals surface area contributed by atoms with E-state index in [9.17, 15) is 4.39 Å². The number of rotatable bonds is 6. The molecule has 0 bridgehead atoms. The molecule has 0 atom stereocenters. The molecule has 6 nitrogen and oxygen atoms in total. The van der Waals surface area contributed by atoms with Gasteiger partial charge in [-0.05, 0) is 37.0 Å². The Bertz CT molecular complexity index is 735. The molecule has 1 saturated heterocycles. The number of nitrogens with one attached hydrogen (secondary N) is 2.